The molecule has 7 nitrogen and oxygen atoms in total. The highest BCUT2D eigenvalue weighted by atomic mass is 16.5. The van der Waals surface area contributed by atoms with Crippen molar-refractivity contribution in [3.05, 3.63) is 35.4 Å². The van der Waals surface area contributed by atoms with Gasteiger partial charge in [-0.2, -0.15) is 0 Å². The Morgan fingerprint density at radius 2 is 1.69 bits per heavy atom. The van der Waals surface area contributed by atoms with Crippen LogP contribution in [0.2, 0.25) is 0 Å². The average Bonchev–Trinajstić information content (AvgIpc) is 3.26. The van der Waals surface area contributed by atoms with Crippen molar-refractivity contribution in [1.82, 2.24) is 5.32 Å². The summed E-state index contributed by atoms with van der Waals surface area (Å²) >= 11 is 0. The fourth-order valence-corrected chi connectivity index (χ4v) is 9.72. The van der Waals surface area contributed by atoms with Crippen LogP contribution in [0.25, 0.3) is 0 Å². The summed E-state index contributed by atoms with van der Waals surface area (Å²) in [7, 11) is 0. The zero-order valence-electron chi connectivity index (χ0n) is 23.8. The van der Waals surface area contributed by atoms with Crippen LogP contribution in [-0.4, -0.2) is 46.1 Å². The van der Waals surface area contributed by atoms with Crippen LogP contribution in [0.1, 0.15) is 94.5 Å². The van der Waals surface area contributed by atoms with Crippen molar-refractivity contribution < 1.29 is 29.6 Å². The van der Waals surface area contributed by atoms with E-state index in [1.54, 1.807) is 12.1 Å². The molecule has 1 amide bonds. The average molecular weight is 542 g/mol. The topological polar surface area (TPSA) is 116 Å². The third-order valence-electron chi connectivity index (χ3n) is 11.9. The summed E-state index contributed by atoms with van der Waals surface area (Å²) < 4.78 is 5.33. The van der Waals surface area contributed by atoms with E-state index in [4.69, 9.17) is 9.84 Å². The Morgan fingerprint density at radius 3 is 2.41 bits per heavy atom. The molecule has 1 aromatic carbocycles. The highest BCUT2D eigenvalue weighted by Crippen LogP contribution is 2.68. The van der Waals surface area contributed by atoms with Crippen LogP contribution in [0.4, 0.5) is 4.79 Å². The van der Waals surface area contributed by atoms with Crippen molar-refractivity contribution in [2.24, 2.45) is 46.3 Å². The molecule has 4 aliphatic rings. The van der Waals surface area contributed by atoms with Crippen molar-refractivity contribution >= 4 is 12.1 Å². The van der Waals surface area contributed by atoms with Crippen LogP contribution in [0.5, 0.6) is 0 Å². The molecule has 4 aliphatic carbocycles. The Balaban J connectivity index is 1.13. The Morgan fingerprint density at radius 1 is 1.00 bits per heavy atom. The van der Waals surface area contributed by atoms with E-state index in [-0.39, 0.29) is 35.2 Å². The van der Waals surface area contributed by atoms with E-state index in [2.05, 4.69) is 26.1 Å². The fraction of sp³-hybridized carbons (Fsp3) is 0.750. The lowest BCUT2D eigenvalue weighted by Crippen LogP contribution is -2.58. The molecule has 5 rings (SSSR count). The molecule has 0 aromatic heterocycles. The highest BCUT2D eigenvalue weighted by molar-refractivity contribution is 5.87. The van der Waals surface area contributed by atoms with E-state index in [9.17, 15) is 19.8 Å². The number of hydrogen-bond donors (Lipinski definition) is 4. The minimum atomic E-state index is -0.979. The van der Waals surface area contributed by atoms with Crippen LogP contribution in [0.3, 0.4) is 0 Å². The number of benzene rings is 1. The number of aliphatic hydroxyl groups is 2. The third-order valence-corrected chi connectivity index (χ3v) is 11.9. The van der Waals surface area contributed by atoms with E-state index >= 15 is 0 Å². The molecular formula is C32H47NO6. The second kappa shape index (κ2) is 11.0. The second-order valence-corrected chi connectivity index (χ2v) is 13.7. The van der Waals surface area contributed by atoms with E-state index in [0.29, 0.717) is 42.1 Å². The van der Waals surface area contributed by atoms with Gasteiger partial charge >= 0.3 is 12.1 Å². The predicted molar refractivity (Wildman–Crippen MR) is 148 cm³/mol. The molecular weight excluding hydrogens is 494 g/mol. The van der Waals surface area contributed by atoms with Gasteiger partial charge in [-0.15, -0.1) is 0 Å². The number of carbonyl (C=O) groups excluding carboxylic acids is 1. The third kappa shape index (κ3) is 5.33. The molecule has 0 heterocycles. The van der Waals surface area contributed by atoms with Crippen molar-refractivity contribution in [3.8, 4) is 0 Å². The first-order valence-corrected chi connectivity index (χ1v) is 15.1. The number of alkyl carbamates (subject to hydrolysis) is 1. The summed E-state index contributed by atoms with van der Waals surface area (Å²) in [5, 5.41) is 33.6. The second-order valence-electron chi connectivity index (χ2n) is 13.7. The molecule has 0 spiro atoms. The van der Waals surface area contributed by atoms with Crippen molar-refractivity contribution in [1.29, 1.82) is 0 Å². The van der Waals surface area contributed by atoms with Crippen LogP contribution < -0.4 is 5.32 Å². The van der Waals surface area contributed by atoms with Gasteiger partial charge in [0.15, 0.2) is 0 Å². The van der Waals surface area contributed by atoms with E-state index in [0.717, 1.165) is 37.7 Å². The fourth-order valence-electron chi connectivity index (χ4n) is 9.72. The zero-order valence-corrected chi connectivity index (χ0v) is 23.8. The minimum absolute atomic E-state index is 0.104. The summed E-state index contributed by atoms with van der Waals surface area (Å²) in [5.41, 5.74) is 1.43. The van der Waals surface area contributed by atoms with Crippen LogP contribution in [0.15, 0.2) is 24.3 Å². The lowest BCUT2D eigenvalue weighted by atomic mass is 9.43. The Bertz CT molecular complexity index is 1040. The molecule has 4 N–H and O–H groups in total. The number of fused-ring (bicyclic) bond motifs is 5. The first-order valence-electron chi connectivity index (χ1n) is 15.1. The van der Waals surface area contributed by atoms with Gasteiger partial charge in [-0.1, -0.05) is 32.9 Å². The van der Waals surface area contributed by atoms with Gasteiger partial charge < -0.3 is 25.4 Å². The molecule has 0 aliphatic heterocycles. The summed E-state index contributed by atoms with van der Waals surface area (Å²) in [6.45, 7) is 7.92. The molecule has 216 valence electrons. The van der Waals surface area contributed by atoms with E-state index in [1.807, 2.05) is 0 Å². The predicted octanol–water partition coefficient (Wildman–Crippen LogP) is 5.63. The molecule has 0 unspecified atom stereocenters. The maximum absolute atomic E-state index is 12.3. The van der Waals surface area contributed by atoms with Crippen molar-refractivity contribution in [2.75, 3.05) is 6.54 Å². The summed E-state index contributed by atoms with van der Waals surface area (Å²) in [6, 6.07) is 6.33. The van der Waals surface area contributed by atoms with E-state index in [1.165, 1.54) is 37.8 Å². The summed E-state index contributed by atoms with van der Waals surface area (Å²) in [4.78, 5) is 23.3. The van der Waals surface area contributed by atoms with Gasteiger partial charge in [0.2, 0.25) is 0 Å². The van der Waals surface area contributed by atoms with Crippen molar-refractivity contribution in [2.45, 2.75) is 97.4 Å². The Kier molecular flexibility index (Phi) is 8.04. The van der Waals surface area contributed by atoms with Crippen LogP contribution in [-0.2, 0) is 11.3 Å². The Labute approximate surface area is 232 Å². The molecule has 10 atom stereocenters. The largest absolute Gasteiger partial charge is 0.478 e. The van der Waals surface area contributed by atoms with Gasteiger partial charge in [-0.25, -0.2) is 9.59 Å². The normalized spacial score (nSPS) is 40.1. The number of carboxylic acids is 1. The zero-order chi connectivity index (χ0) is 27.9. The van der Waals surface area contributed by atoms with Gasteiger partial charge in [0, 0.05) is 6.54 Å². The number of aliphatic hydroxyl groups excluding tert-OH is 2. The first kappa shape index (κ1) is 28.4. The minimum Gasteiger partial charge on any atom is -0.478 e. The van der Waals surface area contributed by atoms with Gasteiger partial charge in [0.1, 0.15) is 6.61 Å². The molecule has 39 heavy (non-hydrogen) atoms. The van der Waals surface area contributed by atoms with Gasteiger partial charge in [-0.3, -0.25) is 0 Å². The van der Waals surface area contributed by atoms with Gasteiger partial charge in [0.05, 0.1) is 17.8 Å². The molecule has 1 aromatic rings. The van der Waals surface area contributed by atoms with Crippen LogP contribution >= 0.6 is 0 Å². The molecule has 0 radical (unpaired) electrons. The van der Waals surface area contributed by atoms with Gasteiger partial charge in [0.25, 0.3) is 0 Å². The van der Waals surface area contributed by atoms with E-state index < -0.39 is 12.1 Å². The maximum atomic E-state index is 12.3. The first-order chi connectivity index (χ1) is 18.5. The molecule has 0 saturated heterocycles. The summed E-state index contributed by atoms with van der Waals surface area (Å²) in [5.74, 6) is 1.99. The SMILES string of the molecule is C[C@H](CCNC(=O)OCc1ccc(C(=O)O)cc1)[C@H]1CC[C@H]2[C@@H]3[C@H](O)C[C@@H]4C[C@H](O)CC[C@]4(C)[C@H]3CC[C@]12C. The number of rotatable bonds is 7. The number of hydrogen-bond acceptors (Lipinski definition) is 5. The number of aromatic carboxylic acids is 1. The summed E-state index contributed by atoms with van der Waals surface area (Å²) in [6.07, 6.45) is 8.43. The van der Waals surface area contributed by atoms with Gasteiger partial charge in [-0.05, 0) is 122 Å². The number of carbonyl (C=O) groups is 2. The smallest absolute Gasteiger partial charge is 0.407 e. The number of carboxylic acid groups (broad SMARTS) is 1. The van der Waals surface area contributed by atoms with Crippen molar-refractivity contribution in [3.63, 3.8) is 0 Å². The number of ether oxygens (including phenoxy) is 1. The number of amides is 1. The lowest BCUT2D eigenvalue weighted by molar-refractivity contribution is -0.174. The molecule has 4 saturated carbocycles. The molecule has 4 fully saturated rings. The standard InChI is InChI=1S/C32H47NO6/c1-19(12-15-33-30(38)39-18-20-4-6-21(7-5-20)29(36)37)24-8-9-25-28-26(11-14-32(24,25)3)31(2)13-10-23(34)16-22(31)17-27(28)35/h4-7,19,22-28,34-35H,8-18H2,1-3H3,(H,33,38)(H,36,37)/t19-,22+,23-,24-,25+,26+,27-,28+,31+,32-/m1/s1. The highest BCUT2D eigenvalue weighted by Gasteiger charge is 2.62. The quantitative estimate of drug-likeness (QED) is 0.356. The molecule has 7 heteroatoms. The monoisotopic (exact) mass is 541 g/mol. The Hall–Kier alpha value is -2.12. The number of nitrogens with one attached hydrogen (secondary N) is 1. The maximum Gasteiger partial charge on any atom is 0.407 e. The van der Waals surface area contributed by atoms with Crippen LogP contribution in [0, 0.1) is 46.3 Å². The lowest BCUT2D eigenvalue weighted by Gasteiger charge is -2.62. The molecule has 0 bridgehead atoms.